The summed E-state index contributed by atoms with van der Waals surface area (Å²) < 4.78 is 21.2. The Kier molecular flexibility index (Phi) is 6.54. The van der Waals surface area contributed by atoms with Gasteiger partial charge in [-0.3, -0.25) is 4.79 Å². The Labute approximate surface area is 96.8 Å². The second-order valence-electron chi connectivity index (χ2n) is 4.25. The van der Waals surface area contributed by atoms with Crippen molar-refractivity contribution in [1.82, 2.24) is 5.32 Å². The van der Waals surface area contributed by atoms with Crippen molar-refractivity contribution in [2.45, 2.75) is 32.7 Å². The first-order valence-corrected chi connectivity index (χ1v) is 6.97. The van der Waals surface area contributed by atoms with Gasteiger partial charge in [-0.15, -0.1) is 0 Å². The van der Waals surface area contributed by atoms with E-state index < -0.39 is 16.1 Å². The molecule has 0 heterocycles. The van der Waals surface area contributed by atoms with Crippen LogP contribution in [0.15, 0.2) is 0 Å². The third kappa shape index (κ3) is 8.63. The van der Waals surface area contributed by atoms with Crippen LogP contribution in [0.25, 0.3) is 0 Å². The molecule has 0 saturated carbocycles. The molecule has 0 aromatic carbocycles. The SMILES string of the molecule is CC(C)C[C@@H](N)C(=O)NCCCS(N)(=O)=O. The van der Waals surface area contributed by atoms with Gasteiger partial charge in [-0.1, -0.05) is 13.8 Å². The number of nitrogens with one attached hydrogen (secondary N) is 1. The predicted octanol–water partition coefficient (Wildman–Crippen LogP) is -0.845. The molecule has 5 N–H and O–H groups in total. The largest absolute Gasteiger partial charge is 0.355 e. The number of rotatable bonds is 7. The lowest BCUT2D eigenvalue weighted by molar-refractivity contribution is -0.122. The van der Waals surface area contributed by atoms with Crippen LogP contribution in [-0.2, 0) is 14.8 Å². The van der Waals surface area contributed by atoms with Crippen LogP contribution in [0.1, 0.15) is 26.7 Å². The number of carbonyl (C=O) groups excluding carboxylic acids is 1. The molecule has 1 atom stereocenters. The summed E-state index contributed by atoms with van der Waals surface area (Å²) in [4.78, 5) is 11.4. The van der Waals surface area contributed by atoms with Crippen LogP contribution in [0.2, 0.25) is 0 Å². The number of nitrogens with two attached hydrogens (primary N) is 2. The summed E-state index contributed by atoms with van der Waals surface area (Å²) in [5, 5.41) is 7.39. The standard InChI is InChI=1S/C9H21N3O3S/c1-7(2)6-8(10)9(13)12-4-3-5-16(11,14)15/h7-8H,3-6,10H2,1-2H3,(H,12,13)(H2,11,14,15)/t8-/m1/s1. The Hall–Kier alpha value is -0.660. The third-order valence-electron chi connectivity index (χ3n) is 1.97. The molecule has 1 amide bonds. The summed E-state index contributed by atoms with van der Waals surface area (Å²) in [6.07, 6.45) is 0.917. The normalized spacial score (nSPS) is 13.8. The van der Waals surface area contributed by atoms with Gasteiger partial charge in [-0.2, -0.15) is 0 Å². The molecule has 0 bridgehead atoms. The van der Waals surface area contributed by atoms with E-state index in [9.17, 15) is 13.2 Å². The van der Waals surface area contributed by atoms with Crippen molar-refractivity contribution in [3.8, 4) is 0 Å². The Morgan fingerprint density at radius 2 is 1.94 bits per heavy atom. The summed E-state index contributed by atoms with van der Waals surface area (Å²) in [5.74, 6) is -0.0273. The van der Waals surface area contributed by atoms with E-state index in [1.807, 2.05) is 13.8 Å². The van der Waals surface area contributed by atoms with E-state index in [-0.39, 0.29) is 18.2 Å². The van der Waals surface area contributed by atoms with Crippen LogP contribution < -0.4 is 16.2 Å². The first-order chi connectivity index (χ1) is 7.22. The van der Waals surface area contributed by atoms with E-state index in [2.05, 4.69) is 5.32 Å². The second-order valence-corrected chi connectivity index (χ2v) is 5.98. The molecule has 0 aromatic heterocycles. The zero-order valence-corrected chi connectivity index (χ0v) is 10.6. The minimum Gasteiger partial charge on any atom is -0.355 e. The maximum Gasteiger partial charge on any atom is 0.236 e. The van der Waals surface area contributed by atoms with Crippen molar-refractivity contribution < 1.29 is 13.2 Å². The molecule has 16 heavy (non-hydrogen) atoms. The molecule has 0 aliphatic heterocycles. The van der Waals surface area contributed by atoms with Crippen molar-refractivity contribution in [3.05, 3.63) is 0 Å². The number of carbonyl (C=O) groups is 1. The van der Waals surface area contributed by atoms with Gasteiger partial charge in [-0.05, 0) is 18.8 Å². The maximum absolute atomic E-state index is 11.4. The molecular formula is C9H21N3O3S. The van der Waals surface area contributed by atoms with Crippen LogP contribution in [0, 0.1) is 5.92 Å². The molecule has 7 heteroatoms. The molecule has 0 unspecified atom stereocenters. The minimum atomic E-state index is -3.44. The molecule has 0 saturated heterocycles. The van der Waals surface area contributed by atoms with Gasteiger partial charge in [0.15, 0.2) is 0 Å². The second kappa shape index (κ2) is 6.82. The first-order valence-electron chi connectivity index (χ1n) is 5.26. The minimum absolute atomic E-state index is 0.132. The first kappa shape index (κ1) is 15.3. The summed E-state index contributed by atoms with van der Waals surface area (Å²) >= 11 is 0. The fourth-order valence-corrected chi connectivity index (χ4v) is 1.78. The summed E-state index contributed by atoms with van der Waals surface area (Å²) in [6, 6.07) is -0.533. The monoisotopic (exact) mass is 251 g/mol. The highest BCUT2D eigenvalue weighted by molar-refractivity contribution is 7.89. The highest BCUT2D eigenvalue weighted by atomic mass is 32.2. The molecule has 0 aliphatic carbocycles. The van der Waals surface area contributed by atoms with E-state index in [4.69, 9.17) is 10.9 Å². The molecule has 0 rings (SSSR count). The van der Waals surface area contributed by atoms with Gasteiger partial charge in [-0.25, -0.2) is 13.6 Å². The highest BCUT2D eigenvalue weighted by Crippen LogP contribution is 2.02. The molecular weight excluding hydrogens is 230 g/mol. The number of amides is 1. The van der Waals surface area contributed by atoms with Crippen molar-refractivity contribution in [3.63, 3.8) is 0 Å². The topological polar surface area (TPSA) is 115 Å². The average Bonchev–Trinajstić information content (AvgIpc) is 2.09. The van der Waals surface area contributed by atoms with Crippen molar-refractivity contribution in [2.75, 3.05) is 12.3 Å². The Morgan fingerprint density at radius 3 is 2.38 bits per heavy atom. The molecule has 0 aromatic rings. The van der Waals surface area contributed by atoms with E-state index in [1.165, 1.54) is 0 Å². The Balaban J connectivity index is 3.73. The van der Waals surface area contributed by atoms with Crippen LogP contribution >= 0.6 is 0 Å². The van der Waals surface area contributed by atoms with Crippen molar-refractivity contribution in [1.29, 1.82) is 0 Å². The number of sulfonamides is 1. The lowest BCUT2D eigenvalue weighted by Gasteiger charge is -2.13. The van der Waals surface area contributed by atoms with Gasteiger partial charge in [0.2, 0.25) is 15.9 Å². The zero-order valence-electron chi connectivity index (χ0n) is 9.77. The predicted molar refractivity (Wildman–Crippen MR) is 63.0 cm³/mol. The van der Waals surface area contributed by atoms with E-state index in [0.717, 1.165) is 0 Å². The molecule has 0 aliphatic rings. The summed E-state index contributed by atoms with van der Waals surface area (Å²) in [7, 11) is -3.44. The van der Waals surface area contributed by atoms with Crippen molar-refractivity contribution >= 4 is 15.9 Å². The van der Waals surface area contributed by atoms with Gasteiger partial charge < -0.3 is 11.1 Å². The van der Waals surface area contributed by atoms with Gasteiger partial charge in [0.1, 0.15) is 0 Å². The average molecular weight is 251 g/mol. The van der Waals surface area contributed by atoms with E-state index >= 15 is 0 Å². The fourth-order valence-electron chi connectivity index (χ4n) is 1.23. The number of primary sulfonamides is 1. The lowest BCUT2D eigenvalue weighted by atomic mass is 10.0. The number of hydrogen-bond acceptors (Lipinski definition) is 4. The summed E-state index contributed by atoms with van der Waals surface area (Å²) in [5.41, 5.74) is 5.63. The third-order valence-corrected chi connectivity index (χ3v) is 2.82. The van der Waals surface area contributed by atoms with Crippen LogP contribution in [0.3, 0.4) is 0 Å². The molecule has 96 valence electrons. The smallest absolute Gasteiger partial charge is 0.236 e. The van der Waals surface area contributed by atoms with Crippen LogP contribution in [-0.4, -0.2) is 32.7 Å². The van der Waals surface area contributed by atoms with Gasteiger partial charge in [0.05, 0.1) is 11.8 Å². The van der Waals surface area contributed by atoms with Gasteiger partial charge in [0.25, 0.3) is 0 Å². The van der Waals surface area contributed by atoms with Crippen LogP contribution in [0.4, 0.5) is 0 Å². The van der Waals surface area contributed by atoms with Crippen LogP contribution in [0.5, 0.6) is 0 Å². The van der Waals surface area contributed by atoms with E-state index in [0.29, 0.717) is 18.8 Å². The van der Waals surface area contributed by atoms with Gasteiger partial charge >= 0.3 is 0 Å². The quantitative estimate of drug-likeness (QED) is 0.511. The number of hydrogen-bond donors (Lipinski definition) is 3. The molecule has 0 spiro atoms. The van der Waals surface area contributed by atoms with Crippen molar-refractivity contribution in [2.24, 2.45) is 16.8 Å². The Bertz CT molecular complexity index is 314. The lowest BCUT2D eigenvalue weighted by Crippen LogP contribution is -2.42. The fraction of sp³-hybridized carbons (Fsp3) is 0.889. The molecule has 0 fully saturated rings. The summed E-state index contributed by atoms with van der Waals surface area (Å²) in [6.45, 7) is 4.24. The molecule has 0 radical (unpaired) electrons. The highest BCUT2D eigenvalue weighted by Gasteiger charge is 2.14. The van der Waals surface area contributed by atoms with E-state index in [1.54, 1.807) is 0 Å². The zero-order chi connectivity index (χ0) is 12.8. The molecule has 6 nitrogen and oxygen atoms in total. The Morgan fingerprint density at radius 1 is 1.38 bits per heavy atom. The maximum atomic E-state index is 11.4. The van der Waals surface area contributed by atoms with Gasteiger partial charge in [0, 0.05) is 6.54 Å².